The van der Waals surface area contributed by atoms with Gasteiger partial charge in [0.25, 0.3) is 5.91 Å². The fraction of sp³-hybridized carbons (Fsp3) is 0.0909. The molecule has 0 bridgehead atoms. The van der Waals surface area contributed by atoms with Crippen LogP contribution in [0.15, 0.2) is 71.4 Å². The van der Waals surface area contributed by atoms with Gasteiger partial charge >= 0.3 is 6.18 Å². The number of allylic oxidation sites excluding steroid dienone is 1. The van der Waals surface area contributed by atoms with Gasteiger partial charge in [-0.25, -0.2) is 0 Å². The van der Waals surface area contributed by atoms with Crippen molar-refractivity contribution >= 4 is 40.4 Å². The third-order valence-electron chi connectivity index (χ3n) is 4.23. The van der Waals surface area contributed by atoms with Crippen molar-refractivity contribution in [3.8, 4) is 0 Å². The predicted octanol–water partition coefficient (Wildman–Crippen LogP) is 6.25. The summed E-state index contributed by atoms with van der Waals surface area (Å²) in [6, 6.07) is 12.7. The first-order valence-corrected chi connectivity index (χ1v) is 9.33. The highest BCUT2D eigenvalue weighted by atomic mass is 35.5. The summed E-state index contributed by atoms with van der Waals surface area (Å²) in [5.41, 5.74) is -0.585. The van der Waals surface area contributed by atoms with Gasteiger partial charge in [0.05, 0.1) is 17.5 Å². The summed E-state index contributed by atoms with van der Waals surface area (Å²) in [7, 11) is 0. The topological polar surface area (TPSA) is 71.3 Å². The summed E-state index contributed by atoms with van der Waals surface area (Å²) in [4.78, 5) is 24.3. The van der Waals surface area contributed by atoms with E-state index in [4.69, 9.17) is 16.0 Å². The second kappa shape index (κ2) is 9.09. The standard InChI is InChI=1S/C22H16ClF3N2O3/c1-13(15-5-2-3-6-17(15)23)11-20(29)28-18-9-8-14(12-16(18)22(24,25)26)27-21(30)19-7-4-10-31-19/h2-12H,1H3,(H,27,30)(H,28,29)/b13-11-. The number of hydrogen-bond acceptors (Lipinski definition) is 3. The molecule has 0 spiro atoms. The molecule has 160 valence electrons. The molecule has 1 aromatic heterocycles. The van der Waals surface area contributed by atoms with Crippen LogP contribution < -0.4 is 10.6 Å². The van der Waals surface area contributed by atoms with Gasteiger partial charge in [0, 0.05) is 16.8 Å². The van der Waals surface area contributed by atoms with Crippen molar-refractivity contribution < 1.29 is 27.2 Å². The molecule has 0 unspecified atom stereocenters. The first kappa shape index (κ1) is 22.2. The molecule has 0 radical (unpaired) electrons. The van der Waals surface area contributed by atoms with E-state index in [0.717, 1.165) is 18.2 Å². The molecular formula is C22H16ClF3N2O3. The van der Waals surface area contributed by atoms with Crippen molar-refractivity contribution in [2.45, 2.75) is 13.1 Å². The van der Waals surface area contributed by atoms with Crippen molar-refractivity contribution in [1.82, 2.24) is 0 Å². The number of carbonyl (C=O) groups is 2. The highest BCUT2D eigenvalue weighted by molar-refractivity contribution is 6.32. The lowest BCUT2D eigenvalue weighted by molar-refractivity contribution is -0.136. The molecule has 2 N–H and O–H groups in total. The van der Waals surface area contributed by atoms with Crippen molar-refractivity contribution in [2.24, 2.45) is 0 Å². The molecule has 5 nitrogen and oxygen atoms in total. The maximum Gasteiger partial charge on any atom is 0.418 e. The average Bonchev–Trinajstić information content (AvgIpc) is 3.23. The van der Waals surface area contributed by atoms with E-state index in [1.165, 1.54) is 24.5 Å². The van der Waals surface area contributed by atoms with E-state index in [0.29, 0.717) is 16.2 Å². The van der Waals surface area contributed by atoms with E-state index in [9.17, 15) is 22.8 Å². The normalized spacial score (nSPS) is 11.8. The monoisotopic (exact) mass is 448 g/mol. The van der Waals surface area contributed by atoms with Crippen LogP contribution in [0.4, 0.5) is 24.5 Å². The Morgan fingerprint density at radius 2 is 1.77 bits per heavy atom. The number of anilines is 2. The SMILES string of the molecule is C/C(=C/C(=O)Nc1ccc(NC(=O)c2ccco2)cc1C(F)(F)F)c1ccccc1Cl. The Balaban J connectivity index is 1.83. The number of rotatable bonds is 5. The molecule has 0 saturated carbocycles. The molecule has 0 aliphatic rings. The summed E-state index contributed by atoms with van der Waals surface area (Å²) < 4.78 is 45.6. The number of carbonyl (C=O) groups excluding carboxylic acids is 2. The Morgan fingerprint density at radius 3 is 2.42 bits per heavy atom. The quantitative estimate of drug-likeness (QED) is 0.453. The third-order valence-corrected chi connectivity index (χ3v) is 4.56. The molecular weight excluding hydrogens is 433 g/mol. The van der Waals surface area contributed by atoms with Crippen LogP contribution in [0, 0.1) is 0 Å². The molecule has 0 fully saturated rings. The summed E-state index contributed by atoms with van der Waals surface area (Å²) in [5.74, 6) is -1.50. The number of alkyl halides is 3. The van der Waals surface area contributed by atoms with E-state index in [1.54, 1.807) is 31.2 Å². The lowest BCUT2D eigenvalue weighted by atomic mass is 10.1. The fourth-order valence-corrected chi connectivity index (χ4v) is 3.07. The van der Waals surface area contributed by atoms with Gasteiger partial charge in [-0.3, -0.25) is 9.59 Å². The number of benzene rings is 2. The average molecular weight is 449 g/mol. The molecule has 0 aliphatic heterocycles. The summed E-state index contributed by atoms with van der Waals surface area (Å²) >= 11 is 6.08. The second-order valence-electron chi connectivity index (χ2n) is 6.49. The van der Waals surface area contributed by atoms with E-state index in [1.807, 2.05) is 0 Å². The van der Waals surface area contributed by atoms with Crippen molar-refractivity contribution in [2.75, 3.05) is 10.6 Å². The van der Waals surface area contributed by atoms with Crippen molar-refractivity contribution in [3.63, 3.8) is 0 Å². The molecule has 3 aromatic rings. The van der Waals surface area contributed by atoms with Crippen LogP contribution >= 0.6 is 11.6 Å². The Bertz CT molecular complexity index is 1140. The van der Waals surface area contributed by atoms with Crippen LogP contribution in [0.1, 0.15) is 28.6 Å². The number of hydrogen-bond donors (Lipinski definition) is 2. The molecule has 2 aromatic carbocycles. The molecule has 1 heterocycles. The summed E-state index contributed by atoms with van der Waals surface area (Å²) in [6.07, 6.45) is -2.34. The second-order valence-corrected chi connectivity index (χ2v) is 6.89. The Kier molecular flexibility index (Phi) is 6.50. The number of furan rings is 1. The maximum absolute atomic E-state index is 13.6. The van der Waals surface area contributed by atoms with Crippen LogP contribution in [-0.4, -0.2) is 11.8 Å². The largest absolute Gasteiger partial charge is 0.459 e. The van der Waals surface area contributed by atoms with Gasteiger partial charge in [0.2, 0.25) is 5.91 Å². The first-order valence-electron chi connectivity index (χ1n) is 8.95. The molecule has 2 amide bonds. The van der Waals surface area contributed by atoms with E-state index in [-0.39, 0.29) is 11.4 Å². The van der Waals surface area contributed by atoms with Crippen molar-refractivity contribution in [1.29, 1.82) is 0 Å². The lowest BCUT2D eigenvalue weighted by Crippen LogP contribution is -2.17. The minimum absolute atomic E-state index is 0.0499. The summed E-state index contributed by atoms with van der Waals surface area (Å²) in [5, 5.41) is 4.97. The van der Waals surface area contributed by atoms with Gasteiger partial charge in [-0.05, 0) is 54.5 Å². The van der Waals surface area contributed by atoms with Crippen LogP contribution in [0.3, 0.4) is 0 Å². The molecule has 3 rings (SSSR count). The maximum atomic E-state index is 13.6. The van der Waals surface area contributed by atoms with E-state index < -0.39 is 29.2 Å². The number of nitrogens with one attached hydrogen (secondary N) is 2. The molecule has 0 aliphatic carbocycles. The minimum atomic E-state index is -4.77. The lowest BCUT2D eigenvalue weighted by Gasteiger charge is -2.15. The zero-order chi connectivity index (χ0) is 22.6. The van der Waals surface area contributed by atoms with Crippen LogP contribution in [-0.2, 0) is 11.0 Å². The minimum Gasteiger partial charge on any atom is -0.459 e. The van der Waals surface area contributed by atoms with Gasteiger partial charge in [0.1, 0.15) is 0 Å². The van der Waals surface area contributed by atoms with E-state index >= 15 is 0 Å². The van der Waals surface area contributed by atoms with Crippen LogP contribution in [0.5, 0.6) is 0 Å². The molecule has 31 heavy (non-hydrogen) atoms. The fourth-order valence-electron chi connectivity index (χ4n) is 2.79. The van der Waals surface area contributed by atoms with Gasteiger partial charge < -0.3 is 15.1 Å². The van der Waals surface area contributed by atoms with Crippen LogP contribution in [0.25, 0.3) is 5.57 Å². The summed E-state index contributed by atoms with van der Waals surface area (Å²) in [6.45, 7) is 1.62. The van der Waals surface area contributed by atoms with Gasteiger partial charge in [0.15, 0.2) is 5.76 Å². The van der Waals surface area contributed by atoms with Gasteiger partial charge in [-0.15, -0.1) is 0 Å². The Labute approximate surface area is 180 Å². The Hall–Kier alpha value is -3.52. The number of amides is 2. The van der Waals surface area contributed by atoms with Gasteiger partial charge in [-0.2, -0.15) is 13.2 Å². The molecule has 0 atom stereocenters. The zero-order valence-electron chi connectivity index (χ0n) is 16.1. The number of halogens is 4. The Morgan fingerprint density at radius 1 is 1.03 bits per heavy atom. The first-order chi connectivity index (χ1) is 14.6. The smallest absolute Gasteiger partial charge is 0.418 e. The van der Waals surface area contributed by atoms with Gasteiger partial charge in [-0.1, -0.05) is 29.8 Å². The molecule has 0 saturated heterocycles. The van der Waals surface area contributed by atoms with Crippen molar-refractivity contribution in [3.05, 3.63) is 88.8 Å². The third kappa shape index (κ3) is 5.55. The highest BCUT2D eigenvalue weighted by Crippen LogP contribution is 2.37. The van der Waals surface area contributed by atoms with E-state index in [2.05, 4.69) is 10.6 Å². The molecule has 9 heteroatoms. The highest BCUT2D eigenvalue weighted by Gasteiger charge is 2.34. The van der Waals surface area contributed by atoms with Crippen LogP contribution in [0.2, 0.25) is 5.02 Å². The predicted molar refractivity (Wildman–Crippen MR) is 112 cm³/mol. The zero-order valence-corrected chi connectivity index (χ0v) is 16.8.